The van der Waals surface area contributed by atoms with Crippen LogP contribution < -0.4 is 10.6 Å². The molecule has 368 valence electrons. The summed E-state index contributed by atoms with van der Waals surface area (Å²) in [7, 11) is 2.01. The molecule has 1 fully saturated rings. The molecule has 0 spiro atoms. The van der Waals surface area contributed by atoms with Crippen LogP contribution in [0.1, 0.15) is 133 Å². The number of rotatable bonds is 31. The SMILES string of the molecule is CCCO[C@H](C[C@H](C(C)C)N(CCC)C(=O)[C@@H](CC(=O)[C@H]1CCCCN1C)[C@@H](C)CC)c1nc(C(=O)N[C@@H](Cc2ccc(O)cc2)C[C@H](C)C(=O)CNC(=O)OCCOCCN=[N+]=[N-])cs1. The fraction of sp³-hybridized carbons (Fsp3) is 0.708. The number of amides is 3. The van der Waals surface area contributed by atoms with Crippen molar-refractivity contribution in [2.75, 3.05) is 59.7 Å². The smallest absolute Gasteiger partial charge is 0.407 e. The number of phenols is 1. The van der Waals surface area contributed by atoms with Crippen molar-refractivity contribution in [2.24, 2.45) is 28.8 Å². The molecule has 2 heterocycles. The lowest BCUT2D eigenvalue weighted by Gasteiger charge is -2.40. The third-order valence-corrected chi connectivity index (χ3v) is 13.3. The first kappa shape index (κ1) is 55.7. The summed E-state index contributed by atoms with van der Waals surface area (Å²) in [6.07, 6.45) is 5.22. The highest BCUT2D eigenvalue weighted by Gasteiger charge is 2.38. The molecule has 0 aliphatic carbocycles. The Hall–Kier alpha value is -4.61. The Bertz CT molecular complexity index is 1860. The van der Waals surface area contributed by atoms with Crippen molar-refractivity contribution < 1.29 is 43.3 Å². The molecule has 66 heavy (non-hydrogen) atoms. The molecule has 1 aliphatic heterocycles. The molecule has 0 unspecified atom stereocenters. The van der Waals surface area contributed by atoms with Crippen molar-refractivity contribution in [3.63, 3.8) is 0 Å². The van der Waals surface area contributed by atoms with Crippen molar-refractivity contribution >= 4 is 40.8 Å². The highest BCUT2D eigenvalue weighted by molar-refractivity contribution is 7.09. The Balaban J connectivity index is 1.78. The van der Waals surface area contributed by atoms with Crippen LogP contribution in [0.4, 0.5) is 4.79 Å². The van der Waals surface area contributed by atoms with Crippen LogP contribution in [0.25, 0.3) is 10.4 Å². The zero-order valence-electron chi connectivity index (χ0n) is 40.5. The summed E-state index contributed by atoms with van der Waals surface area (Å²) in [4.78, 5) is 79.6. The molecule has 3 N–H and O–H groups in total. The van der Waals surface area contributed by atoms with Gasteiger partial charge in [-0.1, -0.05) is 78.6 Å². The predicted molar refractivity (Wildman–Crippen MR) is 255 cm³/mol. The largest absolute Gasteiger partial charge is 0.508 e. The number of thiazole rings is 1. The molecule has 1 aromatic carbocycles. The summed E-state index contributed by atoms with van der Waals surface area (Å²) < 4.78 is 16.8. The lowest BCUT2D eigenvalue weighted by atomic mass is 9.82. The van der Waals surface area contributed by atoms with Gasteiger partial charge in [0.05, 0.1) is 25.8 Å². The molecule has 0 saturated carbocycles. The average molecular weight is 941 g/mol. The minimum atomic E-state index is -0.780. The summed E-state index contributed by atoms with van der Waals surface area (Å²) in [5, 5.41) is 21.1. The molecule has 1 aromatic heterocycles. The van der Waals surface area contributed by atoms with Crippen molar-refractivity contribution in [2.45, 2.75) is 137 Å². The Morgan fingerprint density at radius 3 is 2.41 bits per heavy atom. The van der Waals surface area contributed by atoms with E-state index in [2.05, 4.69) is 60.2 Å². The van der Waals surface area contributed by atoms with Gasteiger partial charge in [-0.2, -0.15) is 0 Å². The Morgan fingerprint density at radius 1 is 1.02 bits per heavy atom. The van der Waals surface area contributed by atoms with Gasteiger partial charge in [-0.15, -0.1) is 11.3 Å². The Morgan fingerprint density at radius 2 is 1.76 bits per heavy atom. The van der Waals surface area contributed by atoms with Crippen LogP contribution in [0.5, 0.6) is 5.75 Å². The van der Waals surface area contributed by atoms with Crippen LogP contribution >= 0.6 is 11.3 Å². The van der Waals surface area contributed by atoms with E-state index < -0.39 is 36.0 Å². The third kappa shape index (κ3) is 18.6. The number of Topliss-reactive ketones (excluding diaryl/α,β-unsaturated/α-hetero) is 2. The number of nitrogens with zero attached hydrogens (tertiary/aromatic N) is 6. The van der Waals surface area contributed by atoms with E-state index in [1.165, 1.54) is 11.3 Å². The van der Waals surface area contributed by atoms with Gasteiger partial charge in [0.15, 0.2) is 11.6 Å². The maximum Gasteiger partial charge on any atom is 0.407 e. The van der Waals surface area contributed by atoms with Gasteiger partial charge in [-0.05, 0) is 87.2 Å². The number of hydrogen-bond donors (Lipinski definition) is 3. The van der Waals surface area contributed by atoms with E-state index >= 15 is 0 Å². The number of phenolic OH excluding ortho intramolecular Hbond substituents is 1. The standard InChI is InChI=1S/C48H76N8O9S/c1-9-20-56(47(61)38(33(6)11-3)28-42(58)40-14-12-13-21-55(40)8)41(32(4)5)29-44(64-22-10-2)46-53-39(31-66-46)45(60)52-36(27-35-15-17-37(57)18-16-35)26-34(7)43(59)30-50-48(62)65-25-24-63-23-19-51-54-49/h15-18,31-34,36,38,40-41,44,57H,9-14,19-30H2,1-8H3,(H,50,62)(H,52,60)/t33-,34-,36+,38-,40+,41+,44+/m0/s1. The highest BCUT2D eigenvalue weighted by Crippen LogP contribution is 2.34. The molecule has 0 bridgehead atoms. The van der Waals surface area contributed by atoms with E-state index in [0.29, 0.717) is 31.0 Å². The van der Waals surface area contributed by atoms with E-state index in [9.17, 15) is 29.1 Å². The van der Waals surface area contributed by atoms with Gasteiger partial charge in [0.2, 0.25) is 5.91 Å². The zero-order valence-corrected chi connectivity index (χ0v) is 41.4. The van der Waals surface area contributed by atoms with Crippen LogP contribution in [0.15, 0.2) is 34.8 Å². The number of piperidine rings is 1. The van der Waals surface area contributed by atoms with Crippen LogP contribution in [0.3, 0.4) is 0 Å². The monoisotopic (exact) mass is 941 g/mol. The van der Waals surface area contributed by atoms with E-state index in [4.69, 9.17) is 24.7 Å². The lowest BCUT2D eigenvalue weighted by Crippen LogP contribution is -2.50. The molecular weight excluding hydrogens is 865 g/mol. The number of benzene rings is 1. The molecule has 1 aliphatic rings. The number of ether oxygens (including phenoxy) is 3. The maximum absolute atomic E-state index is 14.8. The number of alkyl carbamates (subject to hydrolysis) is 1. The van der Waals surface area contributed by atoms with Crippen LogP contribution in [0, 0.1) is 23.7 Å². The number of azide groups is 1. The first-order valence-corrected chi connectivity index (χ1v) is 24.7. The average Bonchev–Trinajstić information content (AvgIpc) is 3.80. The van der Waals surface area contributed by atoms with Crippen molar-refractivity contribution in [1.82, 2.24) is 25.4 Å². The van der Waals surface area contributed by atoms with E-state index in [1.807, 2.05) is 18.9 Å². The van der Waals surface area contributed by atoms with E-state index in [-0.39, 0.29) is 98.6 Å². The molecule has 18 heteroatoms. The normalized spacial score (nSPS) is 16.8. The molecular formula is C48H76N8O9S. The number of carbonyl (C=O) groups is 5. The Kier molecular flexibility index (Phi) is 25.2. The number of hydrogen-bond acceptors (Lipinski definition) is 13. The number of likely N-dealkylation sites (N-methyl/N-ethyl adjacent to an activating group) is 1. The van der Waals surface area contributed by atoms with E-state index in [1.54, 1.807) is 36.6 Å². The van der Waals surface area contributed by atoms with Gasteiger partial charge < -0.3 is 34.9 Å². The number of likely N-dealkylation sites (tertiary alicyclic amines) is 1. The quantitative estimate of drug-likeness (QED) is 0.0284. The third-order valence-electron chi connectivity index (χ3n) is 12.3. The summed E-state index contributed by atoms with van der Waals surface area (Å²) in [6.45, 7) is 16.2. The van der Waals surface area contributed by atoms with E-state index in [0.717, 1.165) is 50.6 Å². The topological polar surface area (TPSA) is 225 Å². The molecule has 2 aromatic rings. The number of aromatic nitrogens is 1. The van der Waals surface area contributed by atoms with Crippen LogP contribution in [-0.4, -0.2) is 127 Å². The lowest BCUT2D eigenvalue weighted by molar-refractivity contribution is -0.145. The second-order valence-corrected chi connectivity index (χ2v) is 18.8. The second kappa shape index (κ2) is 29.9. The van der Waals surface area contributed by atoms with Gasteiger partial charge in [0.25, 0.3) is 5.91 Å². The van der Waals surface area contributed by atoms with Crippen molar-refractivity contribution in [3.8, 4) is 5.75 Å². The number of nitrogens with one attached hydrogen (secondary N) is 2. The molecule has 1 saturated heterocycles. The molecule has 3 amide bonds. The van der Waals surface area contributed by atoms with Gasteiger partial charge in [-0.25, -0.2) is 9.78 Å². The minimum Gasteiger partial charge on any atom is -0.508 e. The number of ketones is 2. The molecule has 7 atom stereocenters. The summed E-state index contributed by atoms with van der Waals surface area (Å²) in [5.74, 6) is -1.35. The number of carbonyl (C=O) groups excluding carboxylic acids is 5. The van der Waals surface area contributed by atoms with Crippen LogP contribution in [0.2, 0.25) is 0 Å². The van der Waals surface area contributed by atoms with Gasteiger partial charge >= 0.3 is 6.09 Å². The summed E-state index contributed by atoms with van der Waals surface area (Å²) >= 11 is 1.33. The van der Waals surface area contributed by atoms with Gasteiger partial charge in [0, 0.05) is 66.7 Å². The first-order chi connectivity index (χ1) is 31.6. The summed E-state index contributed by atoms with van der Waals surface area (Å²) in [6, 6.07) is 5.74. The predicted octanol–water partition coefficient (Wildman–Crippen LogP) is 8.07. The Labute approximate surface area is 395 Å². The number of aromatic hydroxyl groups is 1. The fourth-order valence-electron chi connectivity index (χ4n) is 8.32. The van der Waals surface area contributed by atoms with Gasteiger partial charge in [0.1, 0.15) is 29.2 Å². The molecule has 0 radical (unpaired) electrons. The second-order valence-electron chi connectivity index (χ2n) is 17.9. The van der Waals surface area contributed by atoms with Crippen molar-refractivity contribution in [3.05, 3.63) is 56.4 Å². The fourth-order valence-corrected chi connectivity index (χ4v) is 9.18. The first-order valence-electron chi connectivity index (χ1n) is 23.8. The zero-order chi connectivity index (χ0) is 48.6. The maximum atomic E-state index is 14.8. The highest BCUT2D eigenvalue weighted by atomic mass is 32.1. The van der Waals surface area contributed by atoms with Gasteiger partial charge in [-0.3, -0.25) is 24.1 Å². The summed E-state index contributed by atoms with van der Waals surface area (Å²) in [5.41, 5.74) is 9.36. The minimum absolute atomic E-state index is 0.00931. The van der Waals surface area contributed by atoms with Crippen LogP contribution in [-0.2, 0) is 35.0 Å². The molecule has 17 nitrogen and oxygen atoms in total. The van der Waals surface area contributed by atoms with Crippen molar-refractivity contribution in [1.29, 1.82) is 0 Å². The molecule has 3 rings (SSSR count).